The van der Waals surface area contributed by atoms with Crippen LogP contribution in [0.2, 0.25) is 5.02 Å². The number of nitro benzene ring substituents is 1. The van der Waals surface area contributed by atoms with E-state index in [-0.39, 0.29) is 29.2 Å². The number of nitrogens with one attached hydrogen (secondary N) is 2. The number of hydrogen-bond acceptors (Lipinski definition) is 5. The Kier molecular flexibility index (Phi) is 5.91. The lowest BCUT2D eigenvalue weighted by Gasteiger charge is -2.09. The molecule has 0 aromatic heterocycles. The Bertz CT molecular complexity index is 825. The average molecular weight is 364 g/mol. The minimum Gasteiger partial charge on any atom is -0.487 e. The third-order valence-electron chi connectivity index (χ3n) is 3.09. The molecule has 0 spiro atoms. The first kappa shape index (κ1) is 18.2. The van der Waals surface area contributed by atoms with Gasteiger partial charge in [0.2, 0.25) is 0 Å². The van der Waals surface area contributed by atoms with E-state index in [4.69, 9.17) is 16.3 Å². The smallest absolute Gasteiger partial charge is 0.311 e. The van der Waals surface area contributed by atoms with Gasteiger partial charge in [-0.15, -0.1) is 0 Å². The van der Waals surface area contributed by atoms with Gasteiger partial charge in [0.1, 0.15) is 0 Å². The number of ether oxygens (including phenoxy) is 1. The second-order valence-corrected chi connectivity index (χ2v) is 5.23. The number of amides is 2. The summed E-state index contributed by atoms with van der Waals surface area (Å²) in [5.74, 6) is -1.22. The molecule has 2 aromatic rings. The molecule has 8 nitrogen and oxygen atoms in total. The monoisotopic (exact) mass is 363 g/mol. The number of carbonyl (C=O) groups excluding carboxylic acids is 2. The standard InChI is InChI=1S/C16H14ClN3O5/c1-2-25-14-7-6-11(9-13(14)20(23)24)16(22)19-18-15(21)10-4-3-5-12(17)8-10/h3-9H,2H2,1H3,(H,18,21)(H,19,22). The summed E-state index contributed by atoms with van der Waals surface area (Å²) in [7, 11) is 0. The van der Waals surface area contributed by atoms with Crippen LogP contribution < -0.4 is 15.6 Å². The fourth-order valence-electron chi connectivity index (χ4n) is 1.97. The summed E-state index contributed by atoms with van der Waals surface area (Å²) >= 11 is 5.79. The van der Waals surface area contributed by atoms with Crippen molar-refractivity contribution in [1.82, 2.24) is 10.9 Å². The van der Waals surface area contributed by atoms with Gasteiger partial charge in [-0.25, -0.2) is 0 Å². The molecule has 2 amide bonds. The Morgan fingerprint density at radius 3 is 2.32 bits per heavy atom. The molecule has 0 aliphatic carbocycles. The second kappa shape index (κ2) is 8.11. The molecule has 0 aliphatic rings. The fourth-order valence-corrected chi connectivity index (χ4v) is 2.16. The molecule has 2 N–H and O–H groups in total. The zero-order chi connectivity index (χ0) is 18.4. The largest absolute Gasteiger partial charge is 0.487 e. The van der Waals surface area contributed by atoms with Crippen molar-refractivity contribution in [3.8, 4) is 5.75 Å². The van der Waals surface area contributed by atoms with Gasteiger partial charge < -0.3 is 4.74 Å². The number of nitrogens with zero attached hydrogens (tertiary/aromatic N) is 1. The first-order chi connectivity index (χ1) is 11.9. The van der Waals surface area contributed by atoms with Crippen molar-refractivity contribution < 1.29 is 19.2 Å². The summed E-state index contributed by atoms with van der Waals surface area (Å²) in [6, 6.07) is 9.92. The summed E-state index contributed by atoms with van der Waals surface area (Å²) in [5.41, 5.74) is 4.32. The zero-order valence-corrected chi connectivity index (χ0v) is 13.9. The molecule has 2 rings (SSSR count). The lowest BCUT2D eigenvalue weighted by atomic mass is 10.2. The fraction of sp³-hybridized carbons (Fsp3) is 0.125. The molecule has 9 heteroatoms. The Morgan fingerprint density at radius 2 is 1.76 bits per heavy atom. The van der Waals surface area contributed by atoms with Crippen LogP contribution in [0.4, 0.5) is 5.69 Å². The van der Waals surface area contributed by atoms with E-state index >= 15 is 0 Å². The van der Waals surface area contributed by atoms with Crippen molar-refractivity contribution in [2.45, 2.75) is 6.92 Å². The van der Waals surface area contributed by atoms with E-state index in [1.165, 1.54) is 24.3 Å². The third-order valence-corrected chi connectivity index (χ3v) is 3.33. The van der Waals surface area contributed by atoms with Gasteiger partial charge in [-0.05, 0) is 37.3 Å². The van der Waals surface area contributed by atoms with E-state index in [0.717, 1.165) is 6.07 Å². The van der Waals surface area contributed by atoms with Gasteiger partial charge in [0, 0.05) is 22.2 Å². The highest BCUT2D eigenvalue weighted by atomic mass is 35.5. The van der Waals surface area contributed by atoms with Gasteiger partial charge in [-0.2, -0.15) is 0 Å². The number of halogens is 1. The highest BCUT2D eigenvalue weighted by Gasteiger charge is 2.19. The van der Waals surface area contributed by atoms with Crippen LogP contribution in [0.1, 0.15) is 27.6 Å². The van der Waals surface area contributed by atoms with Crippen LogP contribution in [-0.4, -0.2) is 23.3 Å². The number of rotatable bonds is 5. The van der Waals surface area contributed by atoms with Crippen LogP contribution in [0.25, 0.3) is 0 Å². The van der Waals surface area contributed by atoms with Crippen molar-refractivity contribution in [1.29, 1.82) is 0 Å². The molecule has 0 saturated heterocycles. The third kappa shape index (κ3) is 4.67. The SMILES string of the molecule is CCOc1ccc(C(=O)NNC(=O)c2cccc(Cl)c2)cc1[N+](=O)[O-]. The molecule has 0 aliphatic heterocycles. The molecule has 2 aromatic carbocycles. The van der Waals surface area contributed by atoms with Crippen LogP contribution >= 0.6 is 11.6 Å². The molecule has 130 valence electrons. The van der Waals surface area contributed by atoms with Crippen LogP contribution in [0.3, 0.4) is 0 Å². The number of nitro groups is 1. The molecule has 0 fully saturated rings. The molecular formula is C16H14ClN3O5. The highest BCUT2D eigenvalue weighted by Crippen LogP contribution is 2.27. The lowest BCUT2D eigenvalue weighted by molar-refractivity contribution is -0.385. The van der Waals surface area contributed by atoms with E-state index < -0.39 is 16.7 Å². The molecule has 0 radical (unpaired) electrons. The summed E-state index contributed by atoms with van der Waals surface area (Å²) in [5, 5.41) is 11.4. The van der Waals surface area contributed by atoms with Crippen molar-refractivity contribution in [2.75, 3.05) is 6.61 Å². The zero-order valence-electron chi connectivity index (χ0n) is 13.1. The van der Waals surface area contributed by atoms with Crippen LogP contribution in [0, 0.1) is 10.1 Å². The minimum absolute atomic E-state index is 0.00143. The Labute approximate surface area is 147 Å². The van der Waals surface area contributed by atoms with Crippen molar-refractivity contribution in [2.24, 2.45) is 0 Å². The first-order valence-electron chi connectivity index (χ1n) is 7.20. The van der Waals surface area contributed by atoms with E-state index in [0.29, 0.717) is 5.02 Å². The normalized spacial score (nSPS) is 10.0. The average Bonchev–Trinajstić information content (AvgIpc) is 2.59. The molecular weight excluding hydrogens is 350 g/mol. The Morgan fingerprint density at radius 1 is 1.12 bits per heavy atom. The second-order valence-electron chi connectivity index (χ2n) is 4.79. The van der Waals surface area contributed by atoms with E-state index in [1.807, 2.05) is 0 Å². The molecule has 0 saturated carbocycles. The van der Waals surface area contributed by atoms with Crippen molar-refractivity contribution in [3.63, 3.8) is 0 Å². The summed E-state index contributed by atoms with van der Waals surface area (Å²) in [4.78, 5) is 34.4. The van der Waals surface area contributed by atoms with Gasteiger partial charge in [0.25, 0.3) is 11.8 Å². The first-order valence-corrected chi connectivity index (χ1v) is 7.57. The van der Waals surface area contributed by atoms with Gasteiger partial charge in [0.05, 0.1) is 11.5 Å². The predicted molar refractivity (Wildman–Crippen MR) is 90.6 cm³/mol. The molecule has 0 heterocycles. The van der Waals surface area contributed by atoms with Crippen molar-refractivity contribution in [3.05, 3.63) is 68.7 Å². The summed E-state index contributed by atoms with van der Waals surface area (Å²) < 4.78 is 5.14. The van der Waals surface area contributed by atoms with Gasteiger partial charge in [0.15, 0.2) is 5.75 Å². The maximum atomic E-state index is 12.1. The van der Waals surface area contributed by atoms with E-state index in [2.05, 4.69) is 10.9 Å². The maximum Gasteiger partial charge on any atom is 0.311 e. The number of carbonyl (C=O) groups is 2. The number of hydrazine groups is 1. The van der Waals surface area contributed by atoms with E-state index in [9.17, 15) is 19.7 Å². The quantitative estimate of drug-likeness (QED) is 0.626. The van der Waals surface area contributed by atoms with Gasteiger partial charge >= 0.3 is 5.69 Å². The Hall–Kier alpha value is -3.13. The van der Waals surface area contributed by atoms with Crippen LogP contribution in [-0.2, 0) is 0 Å². The van der Waals surface area contributed by atoms with Crippen LogP contribution in [0.15, 0.2) is 42.5 Å². The number of benzene rings is 2. The van der Waals surface area contributed by atoms with Crippen LogP contribution in [0.5, 0.6) is 5.75 Å². The molecule has 0 unspecified atom stereocenters. The van der Waals surface area contributed by atoms with E-state index in [1.54, 1.807) is 19.1 Å². The van der Waals surface area contributed by atoms with Gasteiger partial charge in [-0.3, -0.25) is 30.6 Å². The molecule has 0 atom stereocenters. The molecule has 0 bridgehead atoms. The predicted octanol–water partition coefficient (Wildman–Crippen LogP) is 2.72. The summed E-state index contributed by atoms with van der Waals surface area (Å²) in [6.07, 6.45) is 0. The highest BCUT2D eigenvalue weighted by molar-refractivity contribution is 6.30. The molecule has 25 heavy (non-hydrogen) atoms. The van der Waals surface area contributed by atoms with Crippen molar-refractivity contribution >= 4 is 29.1 Å². The van der Waals surface area contributed by atoms with Gasteiger partial charge in [-0.1, -0.05) is 17.7 Å². The Balaban J connectivity index is 2.09. The topological polar surface area (TPSA) is 111 Å². The minimum atomic E-state index is -0.707. The lowest BCUT2D eigenvalue weighted by Crippen LogP contribution is -2.41. The number of hydrogen-bond donors (Lipinski definition) is 2. The summed E-state index contributed by atoms with van der Waals surface area (Å²) in [6.45, 7) is 1.94. The maximum absolute atomic E-state index is 12.1.